The molecular weight excluding hydrogens is 393 g/mol. The molecule has 0 aromatic carbocycles. The van der Waals surface area contributed by atoms with Crippen molar-refractivity contribution in [2.75, 3.05) is 33.3 Å². The molecule has 1 aromatic heterocycles. The van der Waals surface area contributed by atoms with Crippen LogP contribution in [0.5, 0.6) is 5.88 Å². The number of fused-ring (bicyclic) bond motifs is 2. The number of piperidine rings is 1. The SMILES string of the molecule is COc1ccc(CN2C3CC2CN(C2CNC(B4OC(C)(C)C(C)(C)O4)CN2)C3)cn1. The number of hydrogen-bond donors (Lipinski definition) is 2. The summed E-state index contributed by atoms with van der Waals surface area (Å²) in [6.45, 7) is 13.4. The van der Waals surface area contributed by atoms with E-state index >= 15 is 0 Å². The zero-order chi connectivity index (χ0) is 21.8. The Labute approximate surface area is 186 Å². The molecule has 6 rings (SSSR count). The third-order valence-corrected chi connectivity index (χ3v) is 7.93. The summed E-state index contributed by atoms with van der Waals surface area (Å²) in [6, 6.07) is 5.33. The van der Waals surface area contributed by atoms with Crippen LogP contribution in [0.15, 0.2) is 18.3 Å². The van der Waals surface area contributed by atoms with Gasteiger partial charge in [-0.3, -0.25) is 15.1 Å². The molecule has 8 nitrogen and oxygen atoms in total. The van der Waals surface area contributed by atoms with Crippen molar-refractivity contribution in [3.8, 4) is 5.88 Å². The van der Waals surface area contributed by atoms with Crippen LogP contribution in [0.2, 0.25) is 0 Å². The molecule has 5 saturated heterocycles. The summed E-state index contributed by atoms with van der Waals surface area (Å²) < 4.78 is 17.6. The quantitative estimate of drug-likeness (QED) is 0.669. The minimum Gasteiger partial charge on any atom is -0.481 e. The van der Waals surface area contributed by atoms with E-state index in [2.05, 4.69) is 59.2 Å². The zero-order valence-electron chi connectivity index (χ0n) is 19.4. The number of methoxy groups -OCH3 is 1. The van der Waals surface area contributed by atoms with Gasteiger partial charge in [-0.15, -0.1) is 0 Å². The van der Waals surface area contributed by atoms with Gasteiger partial charge in [-0.05, 0) is 39.7 Å². The lowest BCUT2D eigenvalue weighted by Gasteiger charge is -2.58. The largest absolute Gasteiger partial charge is 0.481 e. The van der Waals surface area contributed by atoms with E-state index in [-0.39, 0.29) is 24.3 Å². The van der Waals surface area contributed by atoms with Gasteiger partial charge in [0, 0.05) is 57.1 Å². The van der Waals surface area contributed by atoms with E-state index in [0.29, 0.717) is 24.1 Å². The van der Waals surface area contributed by atoms with E-state index in [1.54, 1.807) is 7.11 Å². The van der Waals surface area contributed by atoms with E-state index < -0.39 is 0 Å². The third-order valence-electron chi connectivity index (χ3n) is 7.93. The van der Waals surface area contributed by atoms with Crippen LogP contribution < -0.4 is 15.4 Å². The Morgan fingerprint density at radius 2 is 1.81 bits per heavy atom. The number of ether oxygens (including phenoxy) is 1. The number of piperazine rings is 2. The lowest BCUT2D eigenvalue weighted by molar-refractivity contribution is -0.0930. The molecule has 2 bridgehead atoms. The van der Waals surface area contributed by atoms with E-state index in [0.717, 1.165) is 32.7 Å². The molecular formula is C22H36BN5O3. The van der Waals surface area contributed by atoms with Gasteiger partial charge >= 0.3 is 7.12 Å². The highest BCUT2D eigenvalue weighted by Gasteiger charge is 2.54. The van der Waals surface area contributed by atoms with Crippen LogP contribution in [-0.2, 0) is 15.9 Å². The van der Waals surface area contributed by atoms with Crippen LogP contribution in [0.1, 0.15) is 39.7 Å². The number of rotatable bonds is 5. The molecule has 0 amide bonds. The summed E-state index contributed by atoms with van der Waals surface area (Å²) in [5, 5.41) is 7.44. The summed E-state index contributed by atoms with van der Waals surface area (Å²) in [6.07, 6.45) is 3.61. The minimum atomic E-state index is -0.285. The first-order valence-corrected chi connectivity index (χ1v) is 11.6. The van der Waals surface area contributed by atoms with E-state index in [9.17, 15) is 0 Å². The van der Waals surface area contributed by atoms with Crippen molar-refractivity contribution in [1.29, 1.82) is 0 Å². The van der Waals surface area contributed by atoms with Crippen LogP contribution >= 0.6 is 0 Å². The number of pyridine rings is 1. The van der Waals surface area contributed by atoms with Crippen LogP contribution in [0.3, 0.4) is 0 Å². The van der Waals surface area contributed by atoms with E-state index in [4.69, 9.17) is 14.0 Å². The topological polar surface area (TPSA) is 71.1 Å². The fourth-order valence-corrected chi connectivity index (χ4v) is 5.24. The van der Waals surface area contributed by atoms with Crippen molar-refractivity contribution < 1.29 is 14.0 Å². The molecule has 5 fully saturated rings. The molecule has 5 aliphatic heterocycles. The first kappa shape index (κ1) is 21.6. The average Bonchev–Trinajstić information content (AvgIpc) is 2.99. The zero-order valence-corrected chi connectivity index (χ0v) is 19.4. The molecule has 6 heterocycles. The number of aromatic nitrogens is 1. The van der Waals surface area contributed by atoms with Gasteiger partial charge in [0.05, 0.1) is 30.4 Å². The van der Waals surface area contributed by atoms with E-state index in [1.165, 1.54) is 12.0 Å². The van der Waals surface area contributed by atoms with Crippen LogP contribution in [-0.4, -0.2) is 90.6 Å². The Morgan fingerprint density at radius 1 is 1.10 bits per heavy atom. The van der Waals surface area contributed by atoms with Crippen molar-refractivity contribution in [3.63, 3.8) is 0 Å². The lowest BCUT2D eigenvalue weighted by atomic mass is 9.77. The first-order valence-electron chi connectivity index (χ1n) is 11.6. The Balaban J connectivity index is 1.11. The molecule has 4 atom stereocenters. The molecule has 1 aromatic rings. The highest BCUT2D eigenvalue weighted by molar-refractivity contribution is 6.47. The second-order valence-corrected chi connectivity index (χ2v) is 10.4. The lowest BCUT2D eigenvalue weighted by Crippen LogP contribution is -2.73. The van der Waals surface area contributed by atoms with E-state index in [1.807, 2.05) is 12.3 Å². The van der Waals surface area contributed by atoms with Gasteiger partial charge in [-0.25, -0.2) is 4.98 Å². The molecule has 2 N–H and O–H groups in total. The van der Waals surface area contributed by atoms with Crippen molar-refractivity contribution in [3.05, 3.63) is 23.9 Å². The summed E-state index contributed by atoms with van der Waals surface area (Å²) in [5.41, 5.74) is 0.687. The van der Waals surface area contributed by atoms with Crippen molar-refractivity contribution in [1.82, 2.24) is 25.4 Å². The predicted molar refractivity (Wildman–Crippen MR) is 120 cm³/mol. The fraction of sp³-hybridized carbons (Fsp3) is 0.773. The molecule has 0 aliphatic carbocycles. The predicted octanol–water partition coefficient (Wildman–Crippen LogP) is 0.868. The number of nitrogens with one attached hydrogen (secondary N) is 2. The molecule has 0 saturated carbocycles. The van der Waals surface area contributed by atoms with Crippen LogP contribution in [0, 0.1) is 0 Å². The van der Waals surface area contributed by atoms with Gasteiger partial charge in [0.1, 0.15) is 0 Å². The van der Waals surface area contributed by atoms with Crippen molar-refractivity contribution >= 4 is 7.12 Å². The Bertz CT molecular complexity index is 756. The Hall–Kier alpha value is -1.23. The summed E-state index contributed by atoms with van der Waals surface area (Å²) in [5.74, 6) is 0.851. The number of nitrogens with zero attached hydrogens (tertiary/aromatic N) is 3. The average molecular weight is 429 g/mol. The standard InChI is InChI=1S/C22H36BN5O3/c1-21(2)22(3,4)31-23(30-21)18-10-25-19(11-24-18)27-13-16-8-17(14-27)28(16)12-15-6-7-20(29-5)26-9-15/h6-7,9,16-19,24-25H,8,10-14H2,1-5H3. The summed E-state index contributed by atoms with van der Waals surface area (Å²) in [7, 11) is 1.45. The van der Waals surface area contributed by atoms with Gasteiger partial charge < -0.3 is 19.4 Å². The monoisotopic (exact) mass is 429 g/mol. The summed E-state index contributed by atoms with van der Waals surface area (Å²) >= 11 is 0. The Morgan fingerprint density at radius 3 is 2.35 bits per heavy atom. The fourth-order valence-electron chi connectivity index (χ4n) is 5.24. The molecule has 4 unspecified atom stereocenters. The molecule has 0 spiro atoms. The van der Waals surface area contributed by atoms with Crippen LogP contribution in [0.25, 0.3) is 0 Å². The maximum atomic E-state index is 6.24. The smallest absolute Gasteiger partial charge is 0.477 e. The molecule has 170 valence electrons. The van der Waals surface area contributed by atoms with Gasteiger partial charge in [-0.2, -0.15) is 0 Å². The minimum absolute atomic E-state index is 0.177. The van der Waals surface area contributed by atoms with Gasteiger partial charge in [0.15, 0.2) is 0 Å². The normalized spacial score (nSPS) is 35.1. The first-order chi connectivity index (χ1) is 14.8. The van der Waals surface area contributed by atoms with Crippen molar-refractivity contribution in [2.24, 2.45) is 0 Å². The maximum absolute atomic E-state index is 6.24. The second kappa shape index (κ2) is 7.97. The highest BCUT2D eigenvalue weighted by atomic mass is 16.7. The Kier molecular flexibility index (Phi) is 5.56. The number of hydrogen-bond acceptors (Lipinski definition) is 8. The maximum Gasteiger partial charge on any atom is 0.477 e. The molecule has 0 radical (unpaired) electrons. The van der Waals surface area contributed by atoms with Gasteiger partial charge in [0.25, 0.3) is 0 Å². The van der Waals surface area contributed by atoms with Gasteiger partial charge in [0.2, 0.25) is 5.88 Å². The summed E-state index contributed by atoms with van der Waals surface area (Å²) in [4.78, 5) is 9.59. The highest BCUT2D eigenvalue weighted by Crippen LogP contribution is 2.38. The molecule has 31 heavy (non-hydrogen) atoms. The third kappa shape index (κ3) is 4.00. The van der Waals surface area contributed by atoms with Gasteiger partial charge in [-0.1, -0.05) is 6.07 Å². The molecule has 9 heteroatoms. The second-order valence-electron chi connectivity index (χ2n) is 10.4. The van der Waals surface area contributed by atoms with Crippen molar-refractivity contribution in [2.45, 2.75) is 76.1 Å². The van der Waals surface area contributed by atoms with Crippen LogP contribution in [0.4, 0.5) is 0 Å². The molecule has 5 aliphatic rings.